The summed E-state index contributed by atoms with van der Waals surface area (Å²) in [7, 11) is 0. The van der Waals surface area contributed by atoms with Crippen LogP contribution in [0.25, 0.3) is 0 Å². The molecule has 1 aromatic rings. The summed E-state index contributed by atoms with van der Waals surface area (Å²) < 4.78 is 0. The first-order valence-corrected chi connectivity index (χ1v) is 9.52. The Hall–Kier alpha value is -1.12. The third-order valence-electron chi connectivity index (χ3n) is 5.50. The van der Waals surface area contributed by atoms with Crippen LogP contribution in [0.4, 0.5) is 0 Å². The minimum absolute atomic E-state index is 0.0833. The third kappa shape index (κ3) is 4.70. The molecular weight excluding hydrogens is 294 g/mol. The van der Waals surface area contributed by atoms with Crippen molar-refractivity contribution in [1.82, 2.24) is 4.90 Å². The van der Waals surface area contributed by atoms with E-state index in [2.05, 4.69) is 51.3 Å². The average Bonchev–Trinajstić information content (AvgIpc) is 2.55. The number of aliphatic hydroxyl groups is 1. The van der Waals surface area contributed by atoms with Crippen molar-refractivity contribution in [2.24, 2.45) is 11.8 Å². The Labute approximate surface area is 148 Å². The molecule has 2 atom stereocenters. The number of aliphatic hydroxyl groups excluding tert-OH is 1. The van der Waals surface area contributed by atoms with Crippen molar-refractivity contribution >= 4 is 0 Å². The largest absolute Gasteiger partial charge is 0.392 e. The SMILES string of the molecule is C=CCO.Cc1cc2c(cc1C)C1CCC(CC(C)C)CN1CC2. The number of aryl methyl sites for hydroxylation is 2. The molecule has 0 aliphatic carbocycles. The quantitative estimate of drug-likeness (QED) is 0.803. The zero-order valence-corrected chi connectivity index (χ0v) is 16.0. The summed E-state index contributed by atoms with van der Waals surface area (Å²) >= 11 is 0. The molecule has 2 heterocycles. The Morgan fingerprint density at radius 1 is 1.25 bits per heavy atom. The van der Waals surface area contributed by atoms with Crippen molar-refractivity contribution in [3.05, 3.63) is 47.0 Å². The van der Waals surface area contributed by atoms with Gasteiger partial charge in [0.15, 0.2) is 0 Å². The molecule has 0 bridgehead atoms. The molecule has 134 valence electrons. The predicted molar refractivity (Wildman–Crippen MR) is 103 cm³/mol. The third-order valence-corrected chi connectivity index (χ3v) is 5.50. The zero-order chi connectivity index (χ0) is 17.7. The van der Waals surface area contributed by atoms with Crippen LogP contribution in [0, 0.1) is 25.7 Å². The predicted octanol–water partition coefficient (Wildman–Crippen LogP) is 4.82. The first-order chi connectivity index (χ1) is 11.5. The maximum absolute atomic E-state index is 7.76. The lowest BCUT2D eigenvalue weighted by Crippen LogP contribution is -2.42. The van der Waals surface area contributed by atoms with E-state index in [0.717, 1.165) is 11.8 Å². The van der Waals surface area contributed by atoms with Crippen LogP contribution in [0.3, 0.4) is 0 Å². The van der Waals surface area contributed by atoms with Gasteiger partial charge in [-0.25, -0.2) is 0 Å². The maximum atomic E-state index is 7.76. The van der Waals surface area contributed by atoms with E-state index in [-0.39, 0.29) is 6.61 Å². The minimum atomic E-state index is 0.0833. The zero-order valence-electron chi connectivity index (χ0n) is 16.0. The smallest absolute Gasteiger partial charge is 0.0609 e. The van der Waals surface area contributed by atoms with Crippen LogP contribution in [-0.4, -0.2) is 29.7 Å². The van der Waals surface area contributed by atoms with Gasteiger partial charge in [0.25, 0.3) is 0 Å². The molecule has 1 aromatic carbocycles. The van der Waals surface area contributed by atoms with Crippen LogP contribution in [0.5, 0.6) is 0 Å². The van der Waals surface area contributed by atoms with Crippen LogP contribution in [-0.2, 0) is 6.42 Å². The Morgan fingerprint density at radius 2 is 1.92 bits per heavy atom. The Morgan fingerprint density at radius 3 is 2.54 bits per heavy atom. The van der Waals surface area contributed by atoms with E-state index < -0.39 is 0 Å². The van der Waals surface area contributed by atoms with Crippen LogP contribution in [0.15, 0.2) is 24.8 Å². The second-order valence-corrected chi connectivity index (χ2v) is 7.94. The van der Waals surface area contributed by atoms with Crippen LogP contribution in [0.2, 0.25) is 0 Å². The number of hydrogen-bond acceptors (Lipinski definition) is 2. The normalized spacial score (nSPS) is 23.1. The van der Waals surface area contributed by atoms with Gasteiger partial charge in [0.1, 0.15) is 0 Å². The van der Waals surface area contributed by atoms with Crippen LogP contribution >= 0.6 is 0 Å². The summed E-state index contributed by atoms with van der Waals surface area (Å²) in [4.78, 5) is 2.77. The highest BCUT2D eigenvalue weighted by atomic mass is 16.2. The molecule has 0 aromatic heterocycles. The fraction of sp³-hybridized carbons (Fsp3) is 0.636. The number of rotatable bonds is 3. The van der Waals surface area contributed by atoms with Gasteiger partial charge in [-0.1, -0.05) is 32.1 Å². The van der Waals surface area contributed by atoms with Crippen molar-refractivity contribution < 1.29 is 5.11 Å². The van der Waals surface area contributed by atoms with Gasteiger partial charge in [-0.05, 0) is 73.6 Å². The second kappa shape index (κ2) is 8.82. The van der Waals surface area contributed by atoms with E-state index in [1.165, 1.54) is 56.0 Å². The van der Waals surface area contributed by atoms with Gasteiger partial charge in [0, 0.05) is 19.1 Å². The second-order valence-electron chi connectivity index (χ2n) is 7.94. The summed E-state index contributed by atoms with van der Waals surface area (Å²) in [5.41, 5.74) is 6.19. The number of nitrogens with zero attached hydrogens (tertiary/aromatic N) is 1. The highest BCUT2D eigenvalue weighted by Crippen LogP contribution is 2.40. The molecule has 2 aliphatic rings. The van der Waals surface area contributed by atoms with Crippen molar-refractivity contribution in [1.29, 1.82) is 0 Å². The van der Waals surface area contributed by atoms with Gasteiger partial charge < -0.3 is 5.11 Å². The summed E-state index contributed by atoms with van der Waals surface area (Å²) in [6, 6.07) is 5.63. The fourth-order valence-electron chi connectivity index (χ4n) is 4.27. The van der Waals surface area contributed by atoms with Gasteiger partial charge in [0.2, 0.25) is 0 Å². The molecule has 2 nitrogen and oxygen atoms in total. The van der Waals surface area contributed by atoms with Crippen molar-refractivity contribution in [2.45, 2.75) is 59.4 Å². The van der Waals surface area contributed by atoms with Crippen LogP contribution in [0.1, 0.15) is 61.4 Å². The molecule has 1 N–H and O–H groups in total. The molecule has 0 amide bonds. The van der Waals surface area contributed by atoms with E-state index in [4.69, 9.17) is 5.11 Å². The van der Waals surface area contributed by atoms with E-state index in [1.54, 1.807) is 11.1 Å². The summed E-state index contributed by atoms with van der Waals surface area (Å²) in [6.45, 7) is 15.2. The Kier molecular flexibility index (Phi) is 7.06. The van der Waals surface area contributed by atoms with E-state index >= 15 is 0 Å². The average molecular weight is 330 g/mol. The molecule has 0 radical (unpaired) electrons. The number of piperidine rings is 1. The number of benzene rings is 1. The topological polar surface area (TPSA) is 23.5 Å². The molecule has 2 heteroatoms. The molecule has 0 saturated carbocycles. The Balaban J connectivity index is 0.000000471. The maximum Gasteiger partial charge on any atom is 0.0609 e. The summed E-state index contributed by atoms with van der Waals surface area (Å²) in [5.74, 6) is 1.78. The molecule has 1 fully saturated rings. The van der Waals surface area contributed by atoms with Crippen molar-refractivity contribution in [2.75, 3.05) is 19.7 Å². The number of hydrogen-bond donors (Lipinski definition) is 1. The first kappa shape index (κ1) is 19.2. The number of fused-ring (bicyclic) bond motifs is 3. The molecule has 2 unspecified atom stereocenters. The van der Waals surface area contributed by atoms with E-state index in [9.17, 15) is 0 Å². The first-order valence-electron chi connectivity index (χ1n) is 9.52. The highest BCUT2D eigenvalue weighted by molar-refractivity contribution is 5.40. The summed E-state index contributed by atoms with van der Waals surface area (Å²) in [5, 5.41) is 7.76. The van der Waals surface area contributed by atoms with E-state index in [0.29, 0.717) is 6.04 Å². The van der Waals surface area contributed by atoms with Gasteiger partial charge in [0.05, 0.1) is 6.61 Å². The van der Waals surface area contributed by atoms with Crippen molar-refractivity contribution in [3.8, 4) is 0 Å². The minimum Gasteiger partial charge on any atom is -0.392 e. The lowest BCUT2D eigenvalue weighted by atomic mass is 9.80. The van der Waals surface area contributed by atoms with Crippen molar-refractivity contribution in [3.63, 3.8) is 0 Å². The molecular formula is C22H35NO. The van der Waals surface area contributed by atoms with Gasteiger partial charge in [-0.3, -0.25) is 4.90 Å². The molecule has 2 aliphatic heterocycles. The standard InChI is InChI=1S/C19H29N.C3H6O/c1-13(2)9-16-5-6-19-18-11-15(4)14(3)10-17(18)7-8-20(19)12-16;1-2-3-4/h10-11,13,16,19H,5-9,12H2,1-4H3;2,4H,1,3H2. The van der Waals surface area contributed by atoms with Gasteiger partial charge >= 0.3 is 0 Å². The van der Waals surface area contributed by atoms with E-state index in [1.807, 2.05) is 0 Å². The van der Waals surface area contributed by atoms with Gasteiger partial charge in [-0.15, -0.1) is 6.58 Å². The molecule has 3 rings (SSSR count). The Bertz CT molecular complexity index is 549. The molecule has 24 heavy (non-hydrogen) atoms. The van der Waals surface area contributed by atoms with Crippen LogP contribution < -0.4 is 0 Å². The molecule has 0 spiro atoms. The summed E-state index contributed by atoms with van der Waals surface area (Å²) in [6.07, 6.45) is 6.88. The van der Waals surface area contributed by atoms with Gasteiger partial charge in [-0.2, -0.15) is 0 Å². The lowest BCUT2D eigenvalue weighted by Gasteiger charge is -2.44. The highest BCUT2D eigenvalue weighted by Gasteiger charge is 2.33. The molecule has 1 saturated heterocycles. The fourth-order valence-corrected chi connectivity index (χ4v) is 4.27. The lowest BCUT2D eigenvalue weighted by molar-refractivity contribution is 0.0896. The monoisotopic (exact) mass is 329 g/mol.